The average molecular weight is 307 g/mol. The van der Waals surface area contributed by atoms with Crippen LogP contribution in [-0.4, -0.2) is 25.3 Å². The number of nitrogens with one attached hydrogen (secondary N) is 2. The van der Waals surface area contributed by atoms with E-state index >= 15 is 0 Å². The van der Waals surface area contributed by atoms with Crippen molar-refractivity contribution in [3.63, 3.8) is 0 Å². The minimum atomic E-state index is 0. The molecule has 0 aliphatic carbocycles. The van der Waals surface area contributed by atoms with Crippen molar-refractivity contribution in [2.45, 2.75) is 11.3 Å². The molecule has 0 aromatic heterocycles. The Kier molecular flexibility index (Phi) is 6.29. The zero-order valence-corrected chi connectivity index (χ0v) is 12.4. The van der Waals surface area contributed by atoms with Gasteiger partial charge in [0, 0.05) is 17.1 Å². The highest BCUT2D eigenvalue weighted by Gasteiger charge is 2.22. The first-order valence-corrected chi connectivity index (χ1v) is 7.16. The van der Waals surface area contributed by atoms with Crippen LogP contribution in [0.25, 0.3) is 0 Å². The van der Waals surface area contributed by atoms with Gasteiger partial charge < -0.3 is 10.6 Å². The molecule has 100 valence electrons. The molecule has 6 heteroatoms. The maximum Gasteiger partial charge on any atom is 0.228 e. The number of carbonyl (C=O) groups excluding carboxylic acids is 1. The molecule has 1 atom stereocenters. The molecule has 1 amide bonds. The number of thioether (sulfide) groups is 1. The lowest BCUT2D eigenvalue weighted by atomic mass is 10.1. The molecular weight excluding hydrogens is 291 g/mol. The normalized spacial score (nSPS) is 18.2. The molecule has 0 radical (unpaired) electrons. The van der Waals surface area contributed by atoms with Crippen molar-refractivity contribution in [3.8, 4) is 0 Å². The van der Waals surface area contributed by atoms with Crippen molar-refractivity contribution in [2.75, 3.05) is 24.7 Å². The van der Waals surface area contributed by atoms with Crippen LogP contribution in [-0.2, 0) is 4.79 Å². The standard InChI is InChI=1S/C12H15ClN2OS.ClH/c1-17-11-3-2-9(6-10(11)13)15-12(16)8-4-5-14-7-8;/h2-3,6,8,14H,4-5,7H2,1H3,(H,15,16);1H. The van der Waals surface area contributed by atoms with Crippen molar-refractivity contribution in [3.05, 3.63) is 23.2 Å². The molecule has 18 heavy (non-hydrogen) atoms. The predicted molar refractivity (Wildman–Crippen MR) is 80.1 cm³/mol. The van der Waals surface area contributed by atoms with E-state index in [1.54, 1.807) is 17.8 Å². The van der Waals surface area contributed by atoms with Crippen LogP contribution >= 0.6 is 35.8 Å². The molecule has 1 aliphatic rings. The van der Waals surface area contributed by atoms with Crippen molar-refractivity contribution in [2.24, 2.45) is 5.92 Å². The molecule has 0 saturated carbocycles. The van der Waals surface area contributed by atoms with Crippen LogP contribution in [0.5, 0.6) is 0 Å². The molecule has 2 rings (SSSR count). The van der Waals surface area contributed by atoms with Gasteiger partial charge in [-0.2, -0.15) is 0 Å². The second-order valence-corrected chi connectivity index (χ2v) is 5.28. The largest absolute Gasteiger partial charge is 0.326 e. The summed E-state index contributed by atoms with van der Waals surface area (Å²) in [6.45, 7) is 1.69. The lowest BCUT2D eigenvalue weighted by Gasteiger charge is -2.11. The van der Waals surface area contributed by atoms with Crippen molar-refractivity contribution >= 4 is 47.4 Å². The second-order valence-electron chi connectivity index (χ2n) is 4.03. The molecule has 1 aliphatic heterocycles. The highest BCUT2D eigenvalue weighted by molar-refractivity contribution is 7.98. The number of benzene rings is 1. The van der Waals surface area contributed by atoms with Gasteiger partial charge in [0.15, 0.2) is 0 Å². The summed E-state index contributed by atoms with van der Waals surface area (Å²) in [6, 6.07) is 5.61. The SMILES string of the molecule is CSc1ccc(NC(=O)C2CCNC2)cc1Cl.Cl. The fraction of sp³-hybridized carbons (Fsp3) is 0.417. The molecule has 1 aromatic rings. The zero-order chi connectivity index (χ0) is 12.3. The van der Waals surface area contributed by atoms with Gasteiger partial charge >= 0.3 is 0 Å². The Morgan fingerprint density at radius 2 is 2.33 bits per heavy atom. The number of hydrogen-bond acceptors (Lipinski definition) is 3. The van der Waals surface area contributed by atoms with E-state index in [1.165, 1.54) is 0 Å². The van der Waals surface area contributed by atoms with Crippen molar-refractivity contribution in [1.82, 2.24) is 5.32 Å². The number of rotatable bonds is 3. The Labute approximate surface area is 122 Å². The average Bonchev–Trinajstić information content (AvgIpc) is 2.82. The molecule has 3 nitrogen and oxygen atoms in total. The summed E-state index contributed by atoms with van der Waals surface area (Å²) in [6.07, 6.45) is 2.88. The molecule has 0 spiro atoms. The van der Waals surface area contributed by atoms with Gasteiger partial charge in [0.2, 0.25) is 5.91 Å². The van der Waals surface area contributed by atoms with Gasteiger partial charge in [0.25, 0.3) is 0 Å². The number of amides is 1. The summed E-state index contributed by atoms with van der Waals surface area (Å²) < 4.78 is 0. The Hall–Kier alpha value is -0.420. The third kappa shape index (κ3) is 3.79. The van der Waals surface area contributed by atoms with Crippen LogP contribution in [0.4, 0.5) is 5.69 Å². The molecule has 2 N–H and O–H groups in total. The maximum absolute atomic E-state index is 11.9. The molecule has 1 saturated heterocycles. The number of carbonyl (C=O) groups is 1. The lowest BCUT2D eigenvalue weighted by molar-refractivity contribution is -0.119. The molecule has 1 fully saturated rings. The predicted octanol–water partition coefficient (Wildman–Crippen LogP) is 3.03. The van der Waals surface area contributed by atoms with Gasteiger partial charge in [-0.25, -0.2) is 0 Å². The van der Waals surface area contributed by atoms with E-state index in [-0.39, 0.29) is 24.2 Å². The molecule has 0 bridgehead atoms. The lowest BCUT2D eigenvalue weighted by Crippen LogP contribution is -2.24. The maximum atomic E-state index is 11.9. The van der Waals surface area contributed by atoms with Gasteiger partial charge in [-0.1, -0.05) is 11.6 Å². The quantitative estimate of drug-likeness (QED) is 0.843. The number of halogens is 2. The van der Waals surface area contributed by atoms with Crippen LogP contribution in [0.15, 0.2) is 23.1 Å². The molecule has 1 aromatic carbocycles. The van der Waals surface area contributed by atoms with Gasteiger partial charge in [-0.15, -0.1) is 24.2 Å². The fourth-order valence-electron chi connectivity index (χ4n) is 1.87. The summed E-state index contributed by atoms with van der Waals surface area (Å²) >= 11 is 7.68. The summed E-state index contributed by atoms with van der Waals surface area (Å²) in [5.74, 6) is 0.150. The van der Waals surface area contributed by atoms with Crippen LogP contribution < -0.4 is 10.6 Å². The van der Waals surface area contributed by atoms with Gasteiger partial charge in [0.1, 0.15) is 0 Å². The third-order valence-electron chi connectivity index (χ3n) is 2.85. The van der Waals surface area contributed by atoms with E-state index in [2.05, 4.69) is 10.6 Å². The Bertz CT molecular complexity index is 423. The van der Waals surface area contributed by atoms with Crippen molar-refractivity contribution in [1.29, 1.82) is 0 Å². The summed E-state index contributed by atoms with van der Waals surface area (Å²) in [4.78, 5) is 12.9. The van der Waals surface area contributed by atoms with Crippen LogP contribution in [0.1, 0.15) is 6.42 Å². The fourth-order valence-corrected chi connectivity index (χ4v) is 2.74. The number of hydrogen-bond donors (Lipinski definition) is 2. The summed E-state index contributed by atoms with van der Waals surface area (Å²) in [7, 11) is 0. The topological polar surface area (TPSA) is 41.1 Å². The first-order chi connectivity index (χ1) is 8.20. The van der Waals surface area contributed by atoms with E-state index < -0.39 is 0 Å². The summed E-state index contributed by atoms with van der Waals surface area (Å²) in [5.41, 5.74) is 0.768. The minimum absolute atomic E-state index is 0. The molecule has 1 heterocycles. The van der Waals surface area contributed by atoms with Gasteiger partial charge in [0.05, 0.1) is 10.9 Å². The minimum Gasteiger partial charge on any atom is -0.326 e. The van der Waals surface area contributed by atoms with E-state index in [4.69, 9.17) is 11.6 Å². The highest BCUT2D eigenvalue weighted by Crippen LogP contribution is 2.28. The van der Waals surface area contributed by atoms with Crippen LogP contribution in [0.2, 0.25) is 5.02 Å². The van der Waals surface area contributed by atoms with Gasteiger partial charge in [-0.05, 0) is 37.4 Å². The van der Waals surface area contributed by atoms with Crippen molar-refractivity contribution < 1.29 is 4.79 Å². The number of anilines is 1. The summed E-state index contributed by atoms with van der Waals surface area (Å²) in [5, 5.41) is 6.76. The Balaban J connectivity index is 0.00000162. The zero-order valence-electron chi connectivity index (χ0n) is 10.0. The first-order valence-electron chi connectivity index (χ1n) is 5.56. The van der Waals surface area contributed by atoms with E-state index in [1.807, 2.05) is 18.4 Å². The molecule has 1 unspecified atom stereocenters. The van der Waals surface area contributed by atoms with E-state index in [9.17, 15) is 4.79 Å². The van der Waals surface area contributed by atoms with Crippen LogP contribution in [0.3, 0.4) is 0 Å². The van der Waals surface area contributed by atoms with E-state index in [0.717, 1.165) is 30.1 Å². The third-order valence-corrected chi connectivity index (χ3v) is 4.07. The monoisotopic (exact) mass is 306 g/mol. The highest BCUT2D eigenvalue weighted by atomic mass is 35.5. The smallest absolute Gasteiger partial charge is 0.228 e. The Morgan fingerprint density at radius 3 is 2.89 bits per heavy atom. The Morgan fingerprint density at radius 1 is 1.56 bits per heavy atom. The second kappa shape index (κ2) is 7.24. The van der Waals surface area contributed by atoms with E-state index in [0.29, 0.717) is 5.02 Å². The van der Waals surface area contributed by atoms with Crippen LogP contribution in [0, 0.1) is 5.92 Å². The first kappa shape index (κ1) is 15.6. The van der Waals surface area contributed by atoms with Gasteiger partial charge in [-0.3, -0.25) is 4.79 Å². The molecular formula is C12H16Cl2N2OS.